The van der Waals surface area contributed by atoms with Gasteiger partial charge >= 0.3 is 0 Å². The van der Waals surface area contributed by atoms with Crippen LogP contribution < -0.4 is 10.1 Å². The number of nitrogens with one attached hydrogen (secondary N) is 1. The van der Waals surface area contributed by atoms with E-state index >= 15 is 0 Å². The molecule has 0 atom stereocenters. The smallest absolute Gasteiger partial charge is 0.287 e. The highest BCUT2D eigenvalue weighted by molar-refractivity contribution is 5.91. The van der Waals surface area contributed by atoms with Gasteiger partial charge in [-0.3, -0.25) is 9.59 Å². The van der Waals surface area contributed by atoms with E-state index in [2.05, 4.69) is 26.1 Å². The summed E-state index contributed by atoms with van der Waals surface area (Å²) in [5.74, 6) is 1.56. The van der Waals surface area contributed by atoms with E-state index in [9.17, 15) is 9.59 Å². The monoisotopic (exact) mass is 398 g/mol. The average Bonchev–Trinajstić information content (AvgIpc) is 3.13. The summed E-state index contributed by atoms with van der Waals surface area (Å²) in [5.41, 5.74) is 1.03. The maximum atomic E-state index is 12.6. The summed E-state index contributed by atoms with van der Waals surface area (Å²) in [6, 6.07) is 11.3. The van der Waals surface area contributed by atoms with Gasteiger partial charge in [-0.1, -0.05) is 39.0 Å². The second-order valence-electron chi connectivity index (χ2n) is 8.57. The molecular formula is C23H30N2O4. The lowest BCUT2D eigenvalue weighted by Crippen LogP contribution is -2.47. The van der Waals surface area contributed by atoms with Crippen LogP contribution in [0.5, 0.6) is 5.75 Å². The van der Waals surface area contributed by atoms with Gasteiger partial charge in [0.15, 0.2) is 12.4 Å². The first-order valence-corrected chi connectivity index (χ1v) is 10.1. The van der Waals surface area contributed by atoms with Crippen LogP contribution in [0.4, 0.5) is 0 Å². The molecule has 0 spiro atoms. The number of nitrogens with zero attached hydrogens (tertiary/aromatic N) is 1. The largest absolute Gasteiger partial charge is 0.483 e. The molecule has 0 radical (unpaired) electrons. The highest BCUT2D eigenvalue weighted by Gasteiger charge is 2.26. The molecule has 29 heavy (non-hydrogen) atoms. The van der Waals surface area contributed by atoms with E-state index in [1.54, 1.807) is 17.0 Å². The number of likely N-dealkylation sites (tertiary alicyclic amines) is 1. The van der Waals surface area contributed by atoms with Crippen LogP contribution in [0.2, 0.25) is 0 Å². The van der Waals surface area contributed by atoms with Gasteiger partial charge in [0.05, 0.1) is 0 Å². The minimum atomic E-state index is -0.204. The molecule has 2 aromatic rings. The fourth-order valence-electron chi connectivity index (χ4n) is 3.53. The van der Waals surface area contributed by atoms with Gasteiger partial charge in [-0.15, -0.1) is 0 Å². The molecule has 6 nitrogen and oxygen atoms in total. The van der Waals surface area contributed by atoms with Crippen molar-refractivity contribution < 1.29 is 18.7 Å². The van der Waals surface area contributed by atoms with Crippen molar-refractivity contribution in [3.63, 3.8) is 0 Å². The van der Waals surface area contributed by atoms with Gasteiger partial charge < -0.3 is 19.4 Å². The number of amides is 2. The Morgan fingerprint density at radius 3 is 2.45 bits per heavy atom. The molecule has 1 fully saturated rings. The average molecular weight is 399 g/mol. The lowest BCUT2D eigenvalue weighted by atomic mass is 9.86. The Hall–Kier alpha value is -2.76. The van der Waals surface area contributed by atoms with E-state index < -0.39 is 0 Å². The van der Waals surface area contributed by atoms with Gasteiger partial charge in [-0.2, -0.15) is 0 Å². The summed E-state index contributed by atoms with van der Waals surface area (Å²) >= 11 is 0. The maximum Gasteiger partial charge on any atom is 0.287 e. The molecule has 0 bridgehead atoms. The summed E-state index contributed by atoms with van der Waals surface area (Å²) in [6.45, 7) is 9.41. The molecule has 6 heteroatoms. The Kier molecular flexibility index (Phi) is 6.30. The highest BCUT2D eigenvalue weighted by atomic mass is 16.5. The molecule has 1 N–H and O–H groups in total. The topological polar surface area (TPSA) is 71.8 Å². The predicted molar refractivity (Wildman–Crippen MR) is 111 cm³/mol. The number of rotatable bonds is 5. The van der Waals surface area contributed by atoms with Crippen molar-refractivity contribution in [2.24, 2.45) is 0 Å². The zero-order chi connectivity index (χ0) is 21.0. The van der Waals surface area contributed by atoms with Gasteiger partial charge in [-0.05, 0) is 48.9 Å². The van der Waals surface area contributed by atoms with Gasteiger partial charge in [0.1, 0.15) is 11.5 Å². The Morgan fingerprint density at radius 2 is 1.83 bits per heavy atom. The normalized spacial score (nSPS) is 15.2. The molecule has 0 saturated carbocycles. The number of hydrogen-bond donors (Lipinski definition) is 1. The third-order valence-electron chi connectivity index (χ3n) is 5.19. The standard InChI is InChI=1S/C23H30N2O4/c1-16-9-10-20(29-16)22(27)24-17-11-13-25(14-12-17)21(26)15-28-19-8-6-5-7-18(19)23(2,3)4/h5-10,17H,11-15H2,1-4H3,(H,24,27). The van der Waals surface area contributed by atoms with Crippen molar-refractivity contribution in [2.75, 3.05) is 19.7 Å². The number of carbonyl (C=O) groups excluding carboxylic acids is 2. The lowest BCUT2D eigenvalue weighted by Gasteiger charge is -2.32. The SMILES string of the molecule is Cc1ccc(C(=O)NC2CCN(C(=O)COc3ccccc3C(C)(C)C)CC2)o1. The number of piperidine rings is 1. The molecule has 2 amide bonds. The first-order chi connectivity index (χ1) is 13.7. The second kappa shape index (κ2) is 8.72. The van der Waals surface area contributed by atoms with E-state index in [1.165, 1.54) is 0 Å². The highest BCUT2D eigenvalue weighted by Crippen LogP contribution is 2.31. The number of aryl methyl sites for hydroxylation is 1. The molecule has 3 rings (SSSR count). The fourth-order valence-corrected chi connectivity index (χ4v) is 3.53. The van der Waals surface area contributed by atoms with Crippen LogP contribution in [0.15, 0.2) is 40.8 Å². The zero-order valence-corrected chi connectivity index (χ0v) is 17.7. The van der Waals surface area contributed by atoms with E-state index in [0.717, 1.165) is 24.2 Å². The molecule has 1 aliphatic heterocycles. The molecule has 2 heterocycles. The third kappa shape index (κ3) is 5.40. The van der Waals surface area contributed by atoms with Crippen molar-refractivity contribution in [3.05, 3.63) is 53.5 Å². The van der Waals surface area contributed by atoms with E-state index in [1.807, 2.05) is 31.2 Å². The molecule has 1 saturated heterocycles. The van der Waals surface area contributed by atoms with Gasteiger partial charge in [0.2, 0.25) is 0 Å². The Labute approximate surface area is 172 Å². The number of ether oxygens (including phenoxy) is 1. The lowest BCUT2D eigenvalue weighted by molar-refractivity contribution is -0.134. The van der Waals surface area contributed by atoms with E-state index in [-0.39, 0.29) is 29.9 Å². The summed E-state index contributed by atoms with van der Waals surface area (Å²) in [5, 5.41) is 2.99. The van der Waals surface area contributed by atoms with E-state index in [4.69, 9.17) is 9.15 Å². The number of furan rings is 1. The molecular weight excluding hydrogens is 368 g/mol. The van der Waals surface area contributed by atoms with Gasteiger partial charge in [0, 0.05) is 19.1 Å². The van der Waals surface area contributed by atoms with Crippen LogP contribution in [0.3, 0.4) is 0 Å². The minimum Gasteiger partial charge on any atom is -0.483 e. The van der Waals surface area contributed by atoms with Crippen LogP contribution in [0.1, 0.15) is 55.5 Å². The summed E-state index contributed by atoms with van der Waals surface area (Å²) in [7, 11) is 0. The van der Waals surface area contributed by atoms with Crippen LogP contribution in [0, 0.1) is 6.92 Å². The molecule has 1 aromatic carbocycles. The summed E-state index contributed by atoms with van der Waals surface area (Å²) < 4.78 is 11.2. The first-order valence-electron chi connectivity index (χ1n) is 10.1. The number of para-hydroxylation sites is 1. The van der Waals surface area contributed by atoms with Crippen LogP contribution in [-0.4, -0.2) is 42.5 Å². The zero-order valence-electron chi connectivity index (χ0n) is 17.7. The molecule has 0 aliphatic carbocycles. The third-order valence-corrected chi connectivity index (χ3v) is 5.19. The number of benzene rings is 1. The fraction of sp³-hybridized carbons (Fsp3) is 0.478. The first kappa shape index (κ1) is 21.0. The van der Waals surface area contributed by atoms with Gasteiger partial charge in [0.25, 0.3) is 11.8 Å². The Balaban J connectivity index is 1.48. The van der Waals surface area contributed by atoms with Crippen molar-refractivity contribution in [1.82, 2.24) is 10.2 Å². The van der Waals surface area contributed by atoms with Crippen LogP contribution in [-0.2, 0) is 10.2 Å². The number of hydrogen-bond acceptors (Lipinski definition) is 4. The van der Waals surface area contributed by atoms with Crippen LogP contribution in [0.25, 0.3) is 0 Å². The number of carbonyl (C=O) groups is 2. The maximum absolute atomic E-state index is 12.6. The predicted octanol–water partition coefficient (Wildman–Crippen LogP) is 3.69. The van der Waals surface area contributed by atoms with E-state index in [0.29, 0.717) is 24.6 Å². The van der Waals surface area contributed by atoms with Crippen molar-refractivity contribution in [2.45, 2.75) is 52.0 Å². The van der Waals surface area contributed by atoms with Crippen LogP contribution >= 0.6 is 0 Å². The van der Waals surface area contributed by atoms with Crippen molar-refractivity contribution >= 4 is 11.8 Å². The molecule has 156 valence electrons. The quantitative estimate of drug-likeness (QED) is 0.834. The molecule has 1 aromatic heterocycles. The van der Waals surface area contributed by atoms with Crippen molar-refractivity contribution in [1.29, 1.82) is 0 Å². The second-order valence-corrected chi connectivity index (χ2v) is 8.57. The van der Waals surface area contributed by atoms with Gasteiger partial charge in [-0.25, -0.2) is 0 Å². The molecule has 1 aliphatic rings. The minimum absolute atomic E-state index is 0.0236. The summed E-state index contributed by atoms with van der Waals surface area (Å²) in [4.78, 5) is 26.6. The Bertz CT molecular complexity index is 858. The Morgan fingerprint density at radius 1 is 1.14 bits per heavy atom. The van der Waals surface area contributed by atoms with Crippen molar-refractivity contribution in [3.8, 4) is 5.75 Å². The molecule has 0 unspecified atom stereocenters. The summed E-state index contributed by atoms with van der Waals surface area (Å²) in [6.07, 6.45) is 1.44.